The lowest BCUT2D eigenvalue weighted by atomic mass is 9.95. The van der Waals surface area contributed by atoms with Crippen molar-refractivity contribution in [3.05, 3.63) is 112 Å². The van der Waals surface area contributed by atoms with Crippen LogP contribution in [0.15, 0.2) is 83.8 Å². The first kappa shape index (κ1) is 82.5. The fourth-order valence-corrected chi connectivity index (χ4v) is 21.9. The summed E-state index contributed by atoms with van der Waals surface area (Å²) < 4.78 is 74.1. The highest BCUT2D eigenvalue weighted by atomic mass is 35.5. The molecule has 4 amide bonds. The normalized spacial score (nSPS) is 27.6. The zero-order valence-electron chi connectivity index (χ0n) is 66.2. The lowest BCUT2D eigenvalue weighted by Crippen LogP contribution is -2.56. The molecule has 12 aliphatic heterocycles. The molecule has 0 aliphatic carbocycles. The van der Waals surface area contributed by atoms with Crippen molar-refractivity contribution >= 4 is 68.6 Å². The lowest BCUT2D eigenvalue weighted by Gasteiger charge is -2.46. The summed E-state index contributed by atoms with van der Waals surface area (Å²) in [5.74, 6) is -0.651. The van der Waals surface area contributed by atoms with E-state index in [4.69, 9.17) is 35.8 Å². The van der Waals surface area contributed by atoms with E-state index in [0.29, 0.717) is 108 Å². The number of piperazine rings is 4. The van der Waals surface area contributed by atoms with Crippen molar-refractivity contribution in [3.63, 3.8) is 0 Å². The molecule has 0 aromatic heterocycles. The number of anilines is 4. The number of fused-ring (bicyclic) bond motifs is 8. The van der Waals surface area contributed by atoms with Crippen LogP contribution in [0.2, 0.25) is 5.02 Å². The predicted molar refractivity (Wildman–Crippen MR) is 428 cm³/mol. The van der Waals surface area contributed by atoms with Gasteiger partial charge >= 0.3 is 24.4 Å². The molecule has 113 heavy (non-hydrogen) atoms. The smallest absolute Gasteiger partial charge is 0.410 e. The Morgan fingerprint density at radius 2 is 0.717 bits per heavy atom. The van der Waals surface area contributed by atoms with Gasteiger partial charge in [0.25, 0.3) is 0 Å². The molecule has 0 radical (unpaired) electrons. The van der Waals surface area contributed by atoms with E-state index in [-0.39, 0.29) is 72.3 Å². The summed E-state index contributed by atoms with van der Waals surface area (Å²) >= 11 is 6.05. The second kappa shape index (κ2) is 37.5. The van der Waals surface area contributed by atoms with Crippen LogP contribution in [-0.2, 0) is 28.8 Å². The molecule has 0 spiro atoms. The minimum Gasteiger partial charge on any atom is -0.450 e. The average Bonchev–Trinajstić information content (AvgIpc) is 1.68. The monoisotopic (exact) mass is 1600 g/mol. The maximum absolute atomic E-state index is 14.3. The second-order valence-corrected chi connectivity index (χ2v) is 34.5. The third kappa shape index (κ3) is 18.8. The van der Waals surface area contributed by atoms with E-state index < -0.39 is 9.84 Å². The van der Waals surface area contributed by atoms with Crippen molar-refractivity contribution in [2.75, 3.05) is 157 Å². The van der Waals surface area contributed by atoms with Crippen LogP contribution in [0.4, 0.5) is 50.7 Å². The number of para-hydroxylation sites is 2. The molecule has 0 N–H and O–H groups in total. The summed E-state index contributed by atoms with van der Waals surface area (Å²) in [7, 11) is -3.35. The number of ether oxygens (including phenoxy) is 4. The van der Waals surface area contributed by atoms with Crippen molar-refractivity contribution < 1.29 is 55.3 Å². The number of nitriles is 3. The van der Waals surface area contributed by atoms with Gasteiger partial charge in [-0.3, -0.25) is 19.6 Å². The average molecular weight is 1600 g/mol. The van der Waals surface area contributed by atoms with E-state index >= 15 is 0 Å². The van der Waals surface area contributed by atoms with E-state index in [1.54, 1.807) is 36.4 Å². The number of carbonyl (C=O) groups is 4. The molecule has 12 saturated heterocycles. The van der Waals surface area contributed by atoms with Gasteiger partial charge in [-0.25, -0.2) is 36.4 Å². The molecule has 12 aliphatic rings. The first-order valence-corrected chi connectivity index (χ1v) is 43.6. The predicted octanol–water partition coefficient (Wildman–Crippen LogP) is 11.8. The van der Waals surface area contributed by atoms with Crippen molar-refractivity contribution in [1.82, 2.24) is 39.2 Å². The minimum absolute atomic E-state index is 0.124. The standard InChI is InChI=1S/C21H30ClN3O4S.2C21H27FN4O2.C21H28N4O2/c1-3-29-21(26)25-16-5-6-17(25)14-18(13-16)23-8-10-24(11-9-23)19-7-4-15(22)12-20(19)30(2,27)28;1-2-28-21(27)26-16-4-5-17(26)13-18(12-16)24-7-9-25(10-8-24)20-6-3-15(14-23)11-19(20)22;1-2-28-21(27)26-16-6-7-17(26)13-18(12-16)24-8-10-25(11-9-24)20-15(14-23)4-3-5-19(20)22;1-2-27-21(26)25-17-7-8-18(25)14-19(13-17)23-9-11-24(12-10-23)20-6-4-3-5-16(20)15-22/h4,7,12,16-18H,3,5-6,8-11,13-14H2,1-2H3;3,6,11,16-18H,2,4-5,7-10,12-13H2,1H3;3-5,16-18H,2,6-13H2,1H3;3-6,17-19H,2,7-14H2,1H3. The molecule has 12 heterocycles. The fourth-order valence-electron chi connectivity index (χ4n) is 20.7. The van der Waals surface area contributed by atoms with E-state index in [2.05, 4.69) is 46.4 Å². The number of halogens is 3. The number of hydrogen-bond acceptors (Lipinski definition) is 21. The molecule has 8 bridgehead atoms. The molecule has 0 saturated carbocycles. The van der Waals surface area contributed by atoms with Gasteiger partial charge in [-0.1, -0.05) is 29.8 Å². The Bertz CT molecular complexity index is 4180. The minimum atomic E-state index is -3.35. The topological polar surface area (TPSA) is 250 Å². The lowest BCUT2D eigenvalue weighted by molar-refractivity contribution is 0.0390. The highest BCUT2D eigenvalue weighted by Crippen LogP contribution is 2.44. The van der Waals surface area contributed by atoms with Crippen LogP contribution in [0.3, 0.4) is 0 Å². The molecule has 8 atom stereocenters. The van der Waals surface area contributed by atoms with E-state index in [1.165, 1.54) is 18.4 Å². The quantitative estimate of drug-likeness (QED) is 0.113. The van der Waals surface area contributed by atoms with Gasteiger partial charge in [0.05, 0.1) is 76.8 Å². The van der Waals surface area contributed by atoms with Gasteiger partial charge in [0.1, 0.15) is 23.8 Å². The highest BCUT2D eigenvalue weighted by molar-refractivity contribution is 7.90. The maximum Gasteiger partial charge on any atom is 0.410 e. The van der Waals surface area contributed by atoms with Gasteiger partial charge in [-0.05, 0) is 191 Å². The molecule has 12 fully saturated rings. The number of rotatable bonds is 13. The summed E-state index contributed by atoms with van der Waals surface area (Å²) in [6, 6.07) is 33.1. The first-order valence-electron chi connectivity index (χ1n) is 41.3. The fraction of sp³-hybridized carbons (Fsp3) is 0.631. The Morgan fingerprint density at radius 3 is 1.05 bits per heavy atom. The number of piperidine rings is 4. The van der Waals surface area contributed by atoms with Gasteiger partial charge in [0.2, 0.25) is 0 Å². The van der Waals surface area contributed by atoms with Crippen LogP contribution in [-0.4, -0.2) is 282 Å². The van der Waals surface area contributed by atoms with Crippen LogP contribution in [0, 0.1) is 45.6 Å². The van der Waals surface area contributed by atoms with Crippen molar-refractivity contribution in [3.8, 4) is 18.2 Å². The van der Waals surface area contributed by atoms with E-state index in [1.807, 2.05) is 88.6 Å². The number of benzene rings is 4. The summed E-state index contributed by atoms with van der Waals surface area (Å²) in [5, 5.41) is 28.0. The molecular weight excluding hydrogens is 1480 g/mol. The van der Waals surface area contributed by atoms with Gasteiger partial charge in [0, 0.05) is 188 Å². The number of hydrogen-bond donors (Lipinski definition) is 0. The SMILES string of the molecule is CCOC(=O)N1C2CCC1CC(N1CCN(c3c(F)cccc3C#N)CC1)C2.CCOC(=O)N1C2CCC1CC(N1CCN(c3ccc(C#N)cc3F)CC1)C2.CCOC(=O)N1C2CCC1CC(N1CCN(c3ccc(Cl)cc3S(C)(=O)=O)CC1)C2.CCOC(=O)N1C2CCC1CC(N1CCN(c3ccccc3C#N)CC1)C2. The highest BCUT2D eigenvalue weighted by Gasteiger charge is 2.50. The van der Waals surface area contributed by atoms with Crippen LogP contribution < -0.4 is 19.6 Å². The van der Waals surface area contributed by atoms with Gasteiger partial charge in [-0.2, -0.15) is 15.8 Å². The van der Waals surface area contributed by atoms with Crippen LogP contribution in [0.5, 0.6) is 0 Å². The number of nitrogens with zero attached hydrogens (tertiary/aromatic N) is 15. The molecule has 4 aromatic carbocycles. The molecule has 8 unspecified atom stereocenters. The molecule has 4 aromatic rings. The summed E-state index contributed by atoms with van der Waals surface area (Å²) in [5.41, 5.74) is 4.30. The van der Waals surface area contributed by atoms with Crippen LogP contribution >= 0.6 is 11.6 Å². The van der Waals surface area contributed by atoms with Crippen molar-refractivity contribution in [1.29, 1.82) is 15.8 Å². The zero-order valence-corrected chi connectivity index (χ0v) is 67.8. The zero-order chi connectivity index (χ0) is 79.6. The maximum atomic E-state index is 14.3. The Labute approximate surface area is 670 Å². The third-order valence-corrected chi connectivity index (χ3v) is 27.3. The number of carbonyl (C=O) groups excluding carboxylic acids is 4. The summed E-state index contributed by atoms with van der Waals surface area (Å²) in [6.45, 7) is 22.8. The summed E-state index contributed by atoms with van der Waals surface area (Å²) in [4.78, 5) is 75.9. The van der Waals surface area contributed by atoms with Crippen molar-refractivity contribution in [2.45, 2.75) is 208 Å². The van der Waals surface area contributed by atoms with Crippen LogP contribution in [0.1, 0.15) is 147 Å². The molecule has 25 nitrogen and oxygen atoms in total. The molecule has 16 rings (SSSR count). The molecule has 610 valence electrons. The van der Waals surface area contributed by atoms with Crippen LogP contribution in [0.25, 0.3) is 0 Å². The first-order chi connectivity index (χ1) is 54.7. The third-order valence-electron chi connectivity index (χ3n) is 25.9. The molecule has 29 heteroatoms. The van der Waals surface area contributed by atoms with Gasteiger partial charge < -0.3 is 58.1 Å². The Hall–Kier alpha value is -8.43. The van der Waals surface area contributed by atoms with Gasteiger partial charge in [0.15, 0.2) is 9.84 Å². The van der Waals surface area contributed by atoms with E-state index in [0.717, 1.165) is 211 Å². The number of sulfone groups is 1. The summed E-state index contributed by atoms with van der Waals surface area (Å²) in [6.07, 6.45) is 17.3. The Kier molecular flexibility index (Phi) is 27.4. The second-order valence-electron chi connectivity index (χ2n) is 32.1. The number of amides is 4. The van der Waals surface area contributed by atoms with Crippen molar-refractivity contribution in [2.24, 2.45) is 0 Å². The molecular formula is C84H112ClF2N15O10S. The van der Waals surface area contributed by atoms with Gasteiger partial charge in [-0.15, -0.1) is 0 Å². The Balaban J connectivity index is 0.000000132. The largest absolute Gasteiger partial charge is 0.450 e. The Morgan fingerprint density at radius 1 is 0.389 bits per heavy atom. The van der Waals surface area contributed by atoms with E-state index in [9.17, 15) is 46.9 Å².